The van der Waals surface area contributed by atoms with Crippen molar-refractivity contribution in [1.29, 1.82) is 0 Å². The largest absolute Gasteiger partial charge is 0.507 e. The zero-order valence-electron chi connectivity index (χ0n) is 23.2. The maximum atomic E-state index is 11.1. The van der Waals surface area contributed by atoms with Gasteiger partial charge in [-0.25, -0.2) is 0 Å². The molecule has 0 fully saturated rings. The van der Waals surface area contributed by atoms with Crippen LogP contribution in [0.4, 0.5) is 0 Å². The predicted molar refractivity (Wildman–Crippen MR) is 173 cm³/mol. The van der Waals surface area contributed by atoms with Gasteiger partial charge in [0, 0.05) is 17.7 Å². The lowest BCUT2D eigenvalue weighted by Gasteiger charge is -2.29. The Kier molecular flexibility index (Phi) is 8.70. The third-order valence-corrected chi connectivity index (χ3v) is 8.15. The Morgan fingerprint density at radius 1 is 0.605 bits per heavy atom. The van der Waals surface area contributed by atoms with Crippen LogP contribution in [0.5, 0.6) is 28.7 Å². The first kappa shape index (κ1) is 28.5. The molecule has 0 aliphatic carbocycles. The third kappa shape index (κ3) is 6.73. The minimum Gasteiger partial charge on any atom is -0.507 e. The van der Waals surface area contributed by atoms with E-state index < -0.39 is 0 Å². The van der Waals surface area contributed by atoms with Gasteiger partial charge in [-0.15, -0.1) is 0 Å². The van der Waals surface area contributed by atoms with Crippen LogP contribution in [0.2, 0.25) is 0 Å². The van der Waals surface area contributed by atoms with Crippen LogP contribution in [0.1, 0.15) is 31.7 Å². The summed E-state index contributed by atoms with van der Waals surface area (Å²) in [5.74, 6) is 2.28. The molecule has 0 amide bonds. The molecule has 1 aliphatic rings. The van der Waals surface area contributed by atoms with Crippen LogP contribution in [0.15, 0.2) is 127 Å². The summed E-state index contributed by atoms with van der Waals surface area (Å²) in [5.41, 5.74) is 4.19. The molecule has 216 valence electrons. The quantitative estimate of drug-likeness (QED) is 0.113. The van der Waals surface area contributed by atoms with Crippen molar-refractivity contribution in [2.45, 2.75) is 23.7 Å². The fraction of sp³-hybridized carbons (Fsp3) is 0.111. The molecule has 0 saturated carbocycles. The molecule has 0 radical (unpaired) electrons. The zero-order chi connectivity index (χ0) is 29.6. The van der Waals surface area contributed by atoms with Crippen LogP contribution in [-0.2, 0) is 24.6 Å². The third-order valence-electron chi connectivity index (χ3n) is 6.96. The highest BCUT2D eigenvalue weighted by Gasteiger charge is 2.34. The highest BCUT2D eigenvalue weighted by molar-refractivity contribution is 14.1. The molecule has 0 bridgehead atoms. The van der Waals surface area contributed by atoms with Gasteiger partial charge in [0.05, 0.1) is 5.56 Å². The minimum absolute atomic E-state index is 0.0227. The van der Waals surface area contributed by atoms with Crippen LogP contribution in [-0.4, -0.2) is 10.2 Å². The van der Waals surface area contributed by atoms with Gasteiger partial charge in [-0.1, -0.05) is 114 Å². The average molecular weight is 685 g/mol. The molecule has 0 saturated heterocycles. The van der Waals surface area contributed by atoms with E-state index >= 15 is 0 Å². The van der Waals surface area contributed by atoms with Crippen LogP contribution in [0, 0.1) is 0 Å². The number of benzene rings is 5. The lowest BCUT2D eigenvalue weighted by Crippen LogP contribution is -2.15. The summed E-state index contributed by atoms with van der Waals surface area (Å²) in [6.07, 6.45) is 0. The number of alkyl halides is 1. The van der Waals surface area contributed by atoms with E-state index in [0.29, 0.717) is 59.7 Å². The maximum absolute atomic E-state index is 11.1. The molecule has 2 N–H and O–H groups in total. The van der Waals surface area contributed by atoms with Gasteiger partial charge in [0.15, 0.2) is 23.0 Å². The Bertz CT molecular complexity index is 1720. The number of allylic oxidation sites excluding steroid dienone is 1. The smallest absolute Gasteiger partial charge is 0.173 e. The Morgan fingerprint density at radius 2 is 1.16 bits per heavy atom. The number of aromatic hydroxyl groups is 2. The van der Waals surface area contributed by atoms with E-state index in [2.05, 4.69) is 22.6 Å². The monoisotopic (exact) mass is 684 g/mol. The summed E-state index contributed by atoms with van der Waals surface area (Å²) >= 11 is 2.25. The van der Waals surface area contributed by atoms with E-state index in [0.717, 1.165) is 16.7 Å². The van der Waals surface area contributed by atoms with Crippen molar-refractivity contribution in [2.75, 3.05) is 0 Å². The van der Waals surface area contributed by atoms with Gasteiger partial charge in [-0.2, -0.15) is 0 Å². The van der Waals surface area contributed by atoms with E-state index in [1.165, 1.54) is 0 Å². The van der Waals surface area contributed by atoms with Crippen molar-refractivity contribution in [2.24, 2.45) is 0 Å². The molecule has 5 aromatic rings. The van der Waals surface area contributed by atoms with Crippen LogP contribution in [0.3, 0.4) is 0 Å². The van der Waals surface area contributed by atoms with Crippen LogP contribution < -0.4 is 14.2 Å². The standard InChI is InChI=1S/C36H29IO6/c37-34-33-30(39)19-28(40-21-24-10-4-1-5-11-24)20-32(33)43-35(36(34)42-23-26-14-8-3-9-15-26)27-16-17-31(29(38)18-27)41-22-25-12-6-2-7-13-25/h1-20,34,38-39H,21-23H2. The van der Waals surface area contributed by atoms with Crippen molar-refractivity contribution >= 4 is 28.4 Å². The number of hydrogen-bond donors (Lipinski definition) is 2. The highest BCUT2D eigenvalue weighted by Crippen LogP contribution is 2.52. The van der Waals surface area contributed by atoms with Gasteiger partial charge in [-0.3, -0.25) is 0 Å². The van der Waals surface area contributed by atoms with Crippen molar-refractivity contribution < 1.29 is 29.2 Å². The summed E-state index contributed by atoms with van der Waals surface area (Å²) in [6, 6.07) is 37.9. The molecule has 1 heterocycles. The molecule has 5 aromatic carbocycles. The second-order valence-electron chi connectivity index (χ2n) is 10.0. The van der Waals surface area contributed by atoms with E-state index in [9.17, 15) is 10.2 Å². The van der Waals surface area contributed by atoms with Gasteiger partial charge >= 0.3 is 0 Å². The Labute approximate surface area is 263 Å². The van der Waals surface area contributed by atoms with Crippen LogP contribution in [0.25, 0.3) is 5.76 Å². The average Bonchev–Trinajstić information content (AvgIpc) is 3.04. The lowest BCUT2D eigenvalue weighted by atomic mass is 10.0. The highest BCUT2D eigenvalue weighted by atomic mass is 127. The summed E-state index contributed by atoms with van der Waals surface area (Å²) in [5, 5.41) is 22.0. The lowest BCUT2D eigenvalue weighted by molar-refractivity contribution is 0.184. The molecule has 43 heavy (non-hydrogen) atoms. The number of rotatable bonds is 10. The van der Waals surface area contributed by atoms with Gasteiger partial charge in [-0.05, 0) is 34.9 Å². The molecule has 0 spiro atoms. The molecule has 0 aromatic heterocycles. The Morgan fingerprint density at radius 3 is 1.74 bits per heavy atom. The van der Waals surface area contributed by atoms with Crippen molar-refractivity contribution in [3.63, 3.8) is 0 Å². The molecule has 7 heteroatoms. The number of fused-ring (bicyclic) bond motifs is 1. The summed E-state index contributed by atoms with van der Waals surface area (Å²) in [6.45, 7) is 0.979. The summed E-state index contributed by atoms with van der Waals surface area (Å²) < 4.78 is 24.3. The van der Waals surface area contributed by atoms with E-state index in [1.807, 2.05) is 97.1 Å². The molecule has 1 unspecified atom stereocenters. The topological polar surface area (TPSA) is 77.4 Å². The second kappa shape index (κ2) is 13.1. The van der Waals surface area contributed by atoms with E-state index in [-0.39, 0.29) is 15.4 Å². The summed E-state index contributed by atoms with van der Waals surface area (Å²) in [7, 11) is 0. The van der Waals surface area contributed by atoms with Crippen molar-refractivity contribution in [3.05, 3.63) is 155 Å². The molecular weight excluding hydrogens is 655 g/mol. The first-order valence-electron chi connectivity index (χ1n) is 13.8. The SMILES string of the molecule is Oc1cc(C2=C(OCc3ccccc3)C(I)c3c(O)cc(OCc4ccccc4)cc3O2)ccc1OCc1ccccc1. The van der Waals surface area contributed by atoms with Crippen molar-refractivity contribution in [1.82, 2.24) is 0 Å². The van der Waals surface area contributed by atoms with Crippen molar-refractivity contribution in [3.8, 4) is 28.7 Å². The van der Waals surface area contributed by atoms with E-state index in [4.69, 9.17) is 18.9 Å². The first-order chi connectivity index (χ1) is 21.0. The number of phenolic OH excluding ortho intramolecular Hbond substituents is 2. The Hall–Kier alpha value is -4.63. The number of phenols is 2. The normalized spacial score (nSPS) is 14.0. The molecule has 1 aliphatic heterocycles. The zero-order valence-corrected chi connectivity index (χ0v) is 25.3. The molecule has 6 rings (SSSR count). The maximum Gasteiger partial charge on any atom is 0.173 e. The fourth-order valence-corrected chi connectivity index (χ4v) is 5.84. The fourth-order valence-electron chi connectivity index (χ4n) is 4.75. The van der Waals surface area contributed by atoms with Crippen LogP contribution >= 0.6 is 22.6 Å². The van der Waals surface area contributed by atoms with E-state index in [1.54, 1.807) is 24.3 Å². The second-order valence-corrected chi connectivity index (χ2v) is 11.3. The molecular formula is C36H29IO6. The van der Waals surface area contributed by atoms with Gasteiger partial charge in [0.25, 0.3) is 0 Å². The number of ether oxygens (including phenoxy) is 4. The Balaban J connectivity index is 1.31. The first-order valence-corrected chi connectivity index (χ1v) is 15.1. The van der Waals surface area contributed by atoms with Gasteiger partial charge < -0.3 is 29.2 Å². The number of halogens is 1. The molecule has 6 nitrogen and oxygen atoms in total. The van der Waals surface area contributed by atoms with Gasteiger partial charge in [0.1, 0.15) is 41.0 Å². The molecule has 1 atom stereocenters. The van der Waals surface area contributed by atoms with Gasteiger partial charge in [0.2, 0.25) is 0 Å². The number of hydrogen-bond acceptors (Lipinski definition) is 6. The predicted octanol–water partition coefficient (Wildman–Crippen LogP) is 8.71. The minimum atomic E-state index is -0.376. The summed E-state index contributed by atoms with van der Waals surface area (Å²) in [4.78, 5) is 0.